The van der Waals surface area contributed by atoms with Crippen molar-refractivity contribution >= 4 is 18.2 Å². The van der Waals surface area contributed by atoms with Crippen LogP contribution >= 0.6 is 0 Å². The number of hydrogen-bond donors (Lipinski definition) is 2. The average molecular weight is 171 g/mol. The fraction of sp³-hybridized carbons (Fsp3) is 0.286. The van der Waals surface area contributed by atoms with Gasteiger partial charge in [-0.2, -0.15) is 0 Å². The zero-order chi connectivity index (χ0) is 10.1. The van der Waals surface area contributed by atoms with Crippen molar-refractivity contribution in [1.82, 2.24) is 0 Å². The normalized spacial score (nSPS) is 8.50. The number of carbonyl (C=O) groups excluding carboxylic acids is 2. The Morgan fingerprint density at radius 2 is 1.75 bits per heavy atom. The Bertz CT molecular complexity index is 197. The van der Waals surface area contributed by atoms with Gasteiger partial charge in [-0.05, 0) is 13.8 Å². The summed E-state index contributed by atoms with van der Waals surface area (Å²) in [5.74, 6) is -0.435. The molecule has 0 atom stereocenters. The highest BCUT2D eigenvalue weighted by atomic mass is 16.2. The van der Waals surface area contributed by atoms with Crippen LogP contribution in [0, 0.1) is 0 Å². The van der Waals surface area contributed by atoms with Crippen molar-refractivity contribution in [3.8, 4) is 0 Å². The van der Waals surface area contributed by atoms with E-state index in [0.29, 0.717) is 5.57 Å². The molecule has 0 aromatic rings. The van der Waals surface area contributed by atoms with Crippen LogP contribution in [0.4, 0.5) is 4.79 Å². The SMILES string of the molecule is C=C(C)C(N)=O.CC=NC(N)=O. The Kier molecular flexibility index (Phi) is 8.06. The van der Waals surface area contributed by atoms with Gasteiger partial charge in [0, 0.05) is 11.8 Å². The van der Waals surface area contributed by atoms with Crippen molar-refractivity contribution < 1.29 is 9.59 Å². The molecular formula is C7H13N3O2. The third-order valence-electron chi connectivity index (χ3n) is 0.677. The molecule has 0 saturated heterocycles. The van der Waals surface area contributed by atoms with Crippen LogP contribution in [0.2, 0.25) is 0 Å². The van der Waals surface area contributed by atoms with E-state index < -0.39 is 11.9 Å². The van der Waals surface area contributed by atoms with Crippen LogP contribution in [0.25, 0.3) is 0 Å². The minimum atomic E-state index is -0.641. The summed E-state index contributed by atoms with van der Waals surface area (Å²) < 4.78 is 0. The van der Waals surface area contributed by atoms with Crippen LogP contribution in [0.3, 0.4) is 0 Å². The fourth-order valence-electron chi connectivity index (χ4n) is 0.127. The van der Waals surface area contributed by atoms with E-state index in [1.807, 2.05) is 0 Å². The molecule has 5 nitrogen and oxygen atoms in total. The molecule has 0 heterocycles. The second-order valence-electron chi connectivity index (χ2n) is 1.87. The highest BCUT2D eigenvalue weighted by Crippen LogP contribution is 1.78. The number of urea groups is 1. The molecule has 0 fully saturated rings. The topological polar surface area (TPSA) is 98.5 Å². The van der Waals surface area contributed by atoms with Gasteiger partial charge in [-0.3, -0.25) is 4.79 Å². The maximum Gasteiger partial charge on any atom is 0.337 e. The predicted molar refractivity (Wildman–Crippen MR) is 47.8 cm³/mol. The van der Waals surface area contributed by atoms with Crippen molar-refractivity contribution in [2.45, 2.75) is 13.8 Å². The van der Waals surface area contributed by atoms with Crippen LogP contribution in [0.15, 0.2) is 17.1 Å². The number of rotatable bonds is 1. The molecule has 3 amide bonds. The molecular weight excluding hydrogens is 158 g/mol. The Balaban J connectivity index is 0. The number of nitrogens with two attached hydrogens (primary N) is 2. The first-order valence-corrected chi connectivity index (χ1v) is 3.15. The highest BCUT2D eigenvalue weighted by molar-refractivity contribution is 5.90. The zero-order valence-electron chi connectivity index (χ0n) is 7.20. The van der Waals surface area contributed by atoms with Gasteiger partial charge in [0.25, 0.3) is 0 Å². The van der Waals surface area contributed by atoms with Crippen LogP contribution < -0.4 is 11.5 Å². The third-order valence-corrected chi connectivity index (χ3v) is 0.677. The van der Waals surface area contributed by atoms with Crippen molar-refractivity contribution in [2.75, 3.05) is 0 Å². The molecule has 0 aromatic carbocycles. The summed E-state index contributed by atoms with van der Waals surface area (Å²) in [6, 6.07) is -0.641. The number of primary amides is 2. The minimum Gasteiger partial charge on any atom is -0.366 e. The number of nitrogens with zero attached hydrogens (tertiary/aromatic N) is 1. The van der Waals surface area contributed by atoms with Crippen molar-refractivity contribution in [2.24, 2.45) is 16.5 Å². The third kappa shape index (κ3) is 15.8. The van der Waals surface area contributed by atoms with Gasteiger partial charge >= 0.3 is 6.03 Å². The van der Waals surface area contributed by atoms with E-state index in [1.54, 1.807) is 13.8 Å². The van der Waals surface area contributed by atoms with Crippen LogP contribution in [0.1, 0.15) is 13.8 Å². The molecule has 68 valence electrons. The summed E-state index contributed by atoms with van der Waals surface area (Å²) in [5, 5.41) is 0. The lowest BCUT2D eigenvalue weighted by molar-refractivity contribution is -0.114. The van der Waals surface area contributed by atoms with E-state index in [9.17, 15) is 9.59 Å². The minimum absolute atomic E-state index is 0.398. The molecule has 0 aliphatic rings. The lowest BCUT2D eigenvalue weighted by Crippen LogP contribution is -2.10. The van der Waals surface area contributed by atoms with Gasteiger partial charge in [0.15, 0.2) is 0 Å². The van der Waals surface area contributed by atoms with Gasteiger partial charge in [-0.1, -0.05) is 6.58 Å². The molecule has 12 heavy (non-hydrogen) atoms. The molecule has 4 N–H and O–H groups in total. The summed E-state index contributed by atoms with van der Waals surface area (Å²) >= 11 is 0. The Labute approximate surface area is 71.1 Å². The first kappa shape index (κ1) is 13.0. The standard InChI is InChI=1S/C4H7NO.C3H6N2O/c1-3(2)4(5)6;1-2-5-3(4)6/h1H2,2H3,(H2,5,6);2H,1H3,(H2,4,6). The summed E-state index contributed by atoms with van der Waals surface area (Å²) in [7, 11) is 0. The van der Waals surface area contributed by atoms with Crippen LogP contribution in [0.5, 0.6) is 0 Å². The zero-order valence-corrected chi connectivity index (χ0v) is 7.20. The smallest absolute Gasteiger partial charge is 0.337 e. The van der Waals surface area contributed by atoms with Gasteiger partial charge in [0.2, 0.25) is 5.91 Å². The molecule has 0 spiro atoms. The van der Waals surface area contributed by atoms with Crippen molar-refractivity contribution in [3.63, 3.8) is 0 Å². The molecule has 0 aliphatic carbocycles. The lowest BCUT2D eigenvalue weighted by Gasteiger charge is -1.81. The maximum atomic E-state index is 9.82. The molecule has 0 unspecified atom stereocenters. The van der Waals surface area contributed by atoms with Crippen LogP contribution in [-0.2, 0) is 4.79 Å². The van der Waals surface area contributed by atoms with Gasteiger partial charge in [-0.25, -0.2) is 9.79 Å². The lowest BCUT2D eigenvalue weighted by atomic mass is 10.3. The summed E-state index contributed by atoms with van der Waals surface area (Å²) in [6.07, 6.45) is 1.35. The molecule has 5 heteroatoms. The number of amides is 3. The largest absolute Gasteiger partial charge is 0.366 e. The second-order valence-corrected chi connectivity index (χ2v) is 1.87. The number of aliphatic imine (C=N–C) groups is 1. The molecule has 0 aliphatic heterocycles. The number of carbonyl (C=O) groups is 2. The van der Waals surface area contributed by atoms with E-state index in [4.69, 9.17) is 5.73 Å². The van der Waals surface area contributed by atoms with E-state index in [2.05, 4.69) is 17.3 Å². The fourth-order valence-corrected chi connectivity index (χ4v) is 0.127. The summed E-state index contributed by atoms with van der Waals surface area (Å²) in [6.45, 7) is 6.48. The first-order chi connectivity index (χ1) is 5.41. The maximum absolute atomic E-state index is 9.82. The van der Waals surface area contributed by atoms with E-state index in [0.717, 1.165) is 0 Å². The van der Waals surface area contributed by atoms with Crippen LogP contribution in [-0.4, -0.2) is 18.2 Å². The molecule has 0 rings (SSSR count). The highest BCUT2D eigenvalue weighted by Gasteiger charge is 1.86. The van der Waals surface area contributed by atoms with Gasteiger partial charge in [0.05, 0.1) is 0 Å². The second kappa shape index (κ2) is 7.46. The Hall–Kier alpha value is -1.65. The summed E-state index contributed by atoms with van der Waals surface area (Å²) in [5.41, 5.74) is 9.66. The van der Waals surface area contributed by atoms with Gasteiger partial charge in [-0.15, -0.1) is 0 Å². The van der Waals surface area contributed by atoms with Gasteiger partial charge < -0.3 is 11.5 Å². The monoisotopic (exact) mass is 171 g/mol. The Morgan fingerprint density at radius 1 is 1.42 bits per heavy atom. The van der Waals surface area contributed by atoms with Gasteiger partial charge in [0.1, 0.15) is 0 Å². The summed E-state index contributed by atoms with van der Waals surface area (Å²) in [4.78, 5) is 22.6. The van der Waals surface area contributed by atoms with E-state index in [1.165, 1.54) is 6.21 Å². The van der Waals surface area contributed by atoms with Crippen molar-refractivity contribution in [3.05, 3.63) is 12.2 Å². The predicted octanol–water partition coefficient (Wildman–Crippen LogP) is 0.204. The quantitative estimate of drug-likeness (QED) is 0.435. The van der Waals surface area contributed by atoms with Crippen molar-refractivity contribution in [1.29, 1.82) is 0 Å². The number of hydrogen-bond acceptors (Lipinski definition) is 2. The average Bonchev–Trinajstić information content (AvgIpc) is 1.87. The van der Waals surface area contributed by atoms with E-state index in [-0.39, 0.29) is 0 Å². The molecule has 0 aromatic heterocycles. The first-order valence-electron chi connectivity index (χ1n) is 3.15. The molecule has 0 bridgehead atoms. The molecule has 0 saturated carbocycles. The molecule has 0 radical (unpaired) electrons. The van der Waals surface area contributed by atoms with E-state index >= 15 is 0 Å². The Morgan fingerprint density at radius 3 is 1.75 bits per heavy atom.